The van der Waals surface area contributed by atoms with E-state index in [0.717, 1.165) is 17.9 Å². The molecule has 1 aliphatic heterocycles. The SMILES string of the molecule is C[C@H]1O[C@@H](n2cnc3c(NCc4ccc(OCCN(C)C)cc4)ncnc32)[C@H](O)[C@@H]1O. The van der Waals surface area contributed by atoms with Crippen molar-refractivity contribution in [1.82, 2.24) is 24.4 Å². The number of nitrogens with zero attached hydrogens (tertiary/aromatic N) is 5. The summed E-state index contributed by atoms with van der Waals surface area (Å²) < 4.78 is 13.0. The summed E-state index contributed by atoms with van der Waals surface area (Å²) in [5.74, 6) is 1.41. The van der Waals surface area contributed by atoms with Crippen LogP contribution in [0.15, 0.2) is 36.9 Å². The molecule has 1 aliphatic rings. The van der Waals surface area contributed by atoms with Gasteiger partial charge in [0.2, 0.25) is 0 Å². The second-order valence-electron chi connectivity index (χ2n) is 7.91. The van der Waals surface area contributed by atoms with Crippen molar-refractivity contribution in [3.05, 3.63) is 42.5 Å². The van der Waals surface area contributed by atoms with Crippen molar-refractivity contribution in [2.24, 2.45) is 0 Å². The highest BCUT2D eigenvalue weighted by Crippen LogP contribution is 2.32. The first-order valence-corrected chi connectivity index (χ1v) is 10.2. The number of imidazole rings is 1. The van der Waals surface area contributed by atoms with E-state index in [-0.39, 0.29) is 0 Å². The van der Waals surface area contributed by atoms with E-state index in [2.05, 4.69) is 25.2 Å². The smallest absolute Gasteiger partial charge is 0.167 e. The Kier molecular flexibility index (Phi) is 6.33. The summed E-state index contributed by atoms with van der Waals surface area (Å²) in [6.07, 6.45) is -0.271. The summed E-state index contributed by atoms with van der Waals surface area (Å²) in [7, 11) is 4.02. The Hall–Kier alpha value is -2.79. The van der Waals surface area contributed by atoms with Gasteiger partial charge >= 0.3 is 0 Å². The Balaban J connectivity index is 1.43. The third-order valence-electron chi connectivity index (χ3n) is 5.30. The largest absolute Gasteiger partial charge is 0.492 e. The predicted molar refractivity (Wildman–Crippen MR) is 115 cm³/mol. The summed E-state index contributed by atoms with van der Waals surface area (Å²) in [5.41, 5.74) is 2.15. The maximum absolute atomic E-state index is 10.3. The van der Waals surface area contributed by atoms with Crippen LogP contribution in [0, 0.1) is 0 Å². The fourth-order valence-electron chi connectivity index (χ4n) is 3.46. The van der Waals surface area contributed by atoms with Gasteiger partial charge in [0.05, 0.1) is 12.4 Å². The maximum atomic E-state index is 10.3. The van der Waals surface area contributed by atoms with Gasteiger partial charge in [0.25, 0.3) is 0 Å². The van der Waals surface area contributed by atoms with E-state index < -0.39 is 24.5 Å². The summed E-state index contributed by atoms with van der Waals surface area (Å²) in [6.45, 7) is 3.77. The fraction of sp³-hybridized carbons (Fsp3) is 0.476. The van der Waals surface area contributed by atoms with Crippen LogP contribution < -0.4 is 10.1 Å². The molecule has 0 bridgehead atoms. The van der Waals surface area contributed by atoms with Crippen LogP contribution in [0.5, 0.6) is 5.75 Å². The number of hydrogen-bond acceptors (Lipinski definition) is 9. The lowest BCUT2D eigenvalue weighted by Crippen LogP contribution is -2.30. The van der Waals surface area contributed by atoms with Crippen molar-refractivity contribution in [3.8, 4) is 5.75 Å². The molecule has 3 aromatic rings. The second kappa shape index (κ2) is 9.15. The highest BCUT2D eigenvalue weighted by atomic mass is 16.6. The fourth-order valence-corrected chi connectivity index (χ4v) is 3.46. The number of hydrogen-bond donors (Lipinski definition) is 3. The van der Waals surface area contributed by atoms with Crippen LogP contribution in [0.4, 0.5) is 5.82 Å². The molecule has 4 rings (SSSR count). The predicted octanol–water partition coefficient (Wildman–Crippen LogP) is 1.02. The number of aliphatic hydroxyl groups excluding tert-OH is 2. The monoisotopic (exact) mass is 428 g/mol. The van der Waals surface area contributed by atoms with Gasteiger partial charge in [-0.15, -0.1) is 0 Å². The number of benzene rings is 1. The molecule has 10 heteroatoms. The van der Waals surface area contributed by atoms with E-state index in [0.29, 0.717) is 30.1 Å². The molecule has 1 saturated heterocycles. The van der Waals surface area contributed by atoms with Crippen LogP contribution in [0.1, 0.15) is 18.7 Å². The van der Waals surface area contributed by atoms with Gasteiger partial charge in [0.1, 0.15) is 30.9 Å². The molecule has 4 atom stereocenters. The van der Waals surface area contributed by atoms with Gasteiger partial charge < -0.3 is 29.9 Å². The number of fused-ring (bicyclic) bond motifs is 1. The maximum Gasteiger partial charge on any atom is 0.167 e. The summed E-state index contributed by atoms with van der Waals surface area (Å²) >= 11 is 0. The summed E-state index contributed by atoms with van der Waals surface area (Å²) in [5, 5.41) is 23.6. The Morgan fingerprint density at radius 1 is 1.13 bits per heavy atom. The molecule has 3 heterocycles. The molecule has 1 fully saturated rings. The molecule has 0 saturated carbocycles. The minimum Gasteiger partial charge on any atom is -0.492 e. The van der Waals surface area contributed by atoms with Crippen LogP contribution in [-0.4, -0.2) is 80.2 Å². The standard InChI is InChI=1S/C21H28N6O4/c1-13-17(28)18(29)21(31-13)27-12-25-16-19(23-11-24-20(16)27)22-10-14-4-6-15(7-5-14)30-9-8-26(2)3/h4-7,11-13,17-18,21,28-29H,8-10H2,1-3H3,(H,22,23,24)/t13-,17-,18-,21-/m1/s1. The van der Waals surface area contributed by atoms with E-state index in [1.807, 2.05) is 38.4 Å². The third kappa shape index (κ3) is 4.62. The molecule has 31 heavy (non-hydrogen) atoms. The molecule has 0 unspecified atom stereocenters. The number of likely N-dealkylation sites (N-methyl/N-ethyl adjacent to an activating group) is 1. The van der Waals surface area contributed by atoms with Gasteiger partial charge in [-0.25, -0.2) is 15.0 Å². The van der Waals surface area contributed by atoms with Crippen LogP contribution in [0.3, 0.4) is 0 Å². The third-order valence-corrected chi connectivity index (χ3v) is 5.30. The minimum atomic E-state index is -1.06. The Bertz CT molecular complexity index is 1010. The lowest BCUT2D eigenvalue weighted by molar-refractivity contribution is -0.0299. The van der Waals surface area contributed by atoms with Crippen LogP contribution in [0.2, 0.25) is 0 Å². The van der Waals surface area contributed by atoms with Gasteiger partial charge in [-0.3, -0.25) is 4.57 Å². The number of ether oxygens (including phenoxy) is 2. The first kappa shape index (κ1) is 21.4. The van der Waals surface area contributed by atoms with Crippen molar-refractivity contribution in [2.45, 2.75) is 38.0 Å². The van der Waals surface area contributed by atoms with Crippen LogP contribution >= 0.6 is 0 Å². The molecular formula is C21H28N6O4. The summed E-state index contributed by atoms with van der Waals surface area (Å²) in [4.78, 5) is 15.1. The van der Waals surface area contributed by atoms with Crippen LogP contribution in [-0.2, 0) is 11.3 Å². The van der Waals surface area contributed by atoms with Gasteiger partial charge in [0, 0.05) is 13.1 Å². The number of rotatable bonds is 8. The molecule has 0 spiro atoms. The highest BCUT2D eigenvalue weighted by Gasteiger charge is 2.42. The van der Waals surface area contributed by atoms with Crippen molar-refractivity contribution in [3.63, 3.8) is 0 Å². The number of anilines is 1. The minimum absolute atomic E-state index is 0.480. The molecule has 2 aromatic heterocycles. The van der Waals surface area contributed by atoms with Gasteiger partial charge in [-0.1, -0.05) is 12.1 Å². The normalized spacial score (nSPS) is 23.5. The van der Waals surface area contributed by atoms with Gasteiger partial charge in [-0.2, -0.15) is 0 Å². The zero-order chi connectivity index (χ0) is 22.0. The van der Waals surface area contributed by atoms with E-state index in [1.54, 1.807) is 17.8 Å². The number of aromatic nitrogens is 4. The molecule has 0 amide bonds. The lowest BCUT2D eigenvalue weighted by atomic mass is 10.1. The van der Waals surface area contributed by atoms with E-state index >= 15 is 0 Å². The van der Waals surface area contributed by atoms with E-state index in [9.17, 15) is 10.2 Å². The molecule has 0 aliphatic carbocycles. The quantitative estimate of drug-likeness (QED) is 0.483. The molecule has 0 radical (unpaired) electrons. The molecule has 166 valence electrons. The first-order chi connectivity index (χ1) is 14.9. The van der Waals surface area contributed by atoms with Crippen molar-refractivity contribution >= 4 is 17.0 Å². The van der Waals surface area contributed by atoms with Crippen molar-refractivity contribution < 1.29 is 19.7 Å². The Morgan fingerprint density at radius 3 is 2.58 bits per heavy atom. The van der Waals surface area contributed by atoms with Crippen LogP contribution in [0.25, 0.3) is 11.2 Å². The zero-order valence-electron chi connectivity index (χ0n) is 17.8. The molecule has 3 N–H and O–H groups in total. The Morgan fingerprint density at radius 2 is 1.90 bits per heavy atom. The molecular weight excluding hydrogens is 400 g/mol. The van der Waals surface area contributed by atoms with E-state index in [1.165, 1.54) is 6.33 Å². The van der Waals surface area contributed by atoms with Gasteiger partial charge in [0.15, 0.2) is 23.2 Å². The number of nitrogens with one attached hydrogen (secondary N) is 1. The lowest BCUT2D eigenvalue weighted by Gasteiger charge is -2.16. The topological polar surface area (TPSA) is 118 Å². The van der Waals surface area contributed by atoms with Crippen molar-refractivity contribution in [2.75, 3.05) is 32.6 Å². The molecule has 1 aromatic carbocycles. The van der Waals surface area contributed by atoms with Gasteiger partial charge in [-0.05, 0) is 38.7 Å². The zero-order valence-corrected chi connectivity index (χ0v) is 17.8. The van der Waals surface area contributed by atoms with Crippen molar-refractivity contribution in [1.29, 1.82) is 0 Å². The molecule has 10 nitrogen and oxygen atoms in total. The highest BCUT2D eigenvalue weighted by molar-refractivity contribution is 5.82. The number of aliphatic hydroxyl groups is 2. The Labute approximate surface area is 180 Å². The summed E-state index contributed by atoms with van der Waals surface area (Å²) in [6, 6.07) is 7.89. The average molecular weight is 428 g/mol. The van der Waals surface area contributed by atoms with E-state index in [4.69, 9.17) is 9.47 Å². The first-order valence-electron chi connectivity index (χ1n) is 10.2. The average Bonchev–Trinajstić information content (AvgIpc) is 3.29. The second-order valence-corrected chi connectivity index (χ2v) is 7.91.